The summed E-state index contributed by atoms with van der Waals surface area (Å²) >= 11 is 0. The van der Waals surface area contributed by atoms with Gasteiger partial charge in [-0.1, -0.05) is 36.4 Å². The van der Waals surface area contributed by atoms with Crippen LogP contribution in [0.4, 0.5) is 0 Å². The number of rotatable bonds is 6. The van der Waals surface area contributed by atoms with E-state index in [0.717, 1.165) is 12.0 Å². The molecule has 2 aromatic rings. The van der Waals surface area contributed by atoms with E-state index in [1.54, 1.807) is 42.4 Å². The smallest absolute Gasteiger partial charge is 0.253 e. The number of carbonyl (C=O) groups is 2. The van der Waals surface area contributed by atoms with Gasteiger partial charge in [-0.15, -0.1) is 6.58 Å². The van der Waals surface area contributed by atoms with E-state index in [-0.39, 0.29) is 23.7 Å². The Morgan fingerprint density at radius 3 is 2.50 bits per heavy atom. The van der Waals surface area contributed by atoms with E-state index in [0.29, 0.717) is 30.9 Å². The molecule has 2 atom stereocenters. The zero-order valence-electron chi connectivity index (χ0n) is 16.1. The Labute approximate surface area is 166 Å². The van der Waals surface area contributed by atoms with Crippen LogP contribution in [0, 0.1) is 5.92 Å². The van der Waals surface area contributed by atoms with Crippen LogP contribution >= 0.6 is 0 Å². The largest absolute Gasteiger partial charge is 0.497 e. The summed E-state index contributed by atoms with van der Waals surface area (Å²) in [7, 11) is 1.60. The first kappa shape index (κ1) is 19.7. The number of amides is 2. The zero-order chi connectivity index (χ0) is 19.9. The minimum Gasteiger partial charge on any atom is -0.497 e. The molecule has 5 heteroatoms. The van der Waals surface area contributed by atoms with E-state index >= 15 is 0 Å². The molecule has 1 heterocycles. The van der Waals surface area contributed by atoms with Crippen LogP contribution in [0.5, 0.6) is 5.75 Å². The highest BCUT2D eigenvalue weighted by molar-refractivity contribution is 5.95. The van der Waals surface area contributed by atoms with Crippen LogP contribution in [0.25, 0.3) is 0 Å². The predicted octanol–water partition coefficient (Wildman–Crippen LogP) is 3.24. The lowest BCUT2D eigenvalue weighted by molar-refractivity contribution is -0.126. The number of likely N-dealkylation sites (tertiary alicyclic amines) is 1. The number of nitrogens with zero attached hydrogens (tertiary/aromatic N) is 1. The number of piperidine rings is 1. The number of nitrogens with one attached hydrogen (secondary N) is 1. The van der Waals surface area contributed by atoms with Gasteiger partial charge in [0.2, 0.25) is 5.91 Å². The van der Waals surface area contributed by atoms with Gasteiger partial charge in [0.25, 0.3) is 5.91 Å². The molecule has 3 rings (SSSR count). The van der Waals surface area contributed by atoms with Crippen LogP contribution in [-0.4, -0.2) is 43.5 Å². The standard InChI is InChI=1S/C23H26N2O3/c1-3-13-24-22(26)20-14-19(17-7-5-4-6-8-17)15-25(16-20)23(27)18-9-11-21(28-2)12-10-18/h3-12,19-20H,1,13-16H2,2H3,(H,24,26)/t19-,20-/m1/s1. The molecule has 1 fully saturated rings. The Hall–Kier alpha value is -3.08. The molecule has 1 aliphatic heterocycles. The average Bonchev–Trinajstić information content (AvgIpc) is 2.77. The fraction of sp³-hybridized carbons (Fsp3) is 0.304. The van der Waals surface area contributed by atoms with E-state index in [1.807, 2.05) is 18.2 Å². The van der Waals surface area contributed by atoms with Crippen LogP contribution in [0.3, 0.4) is 0 Å². The molecule has 2 amide bonds. The second-order valence-electron chi connectivity index (χ2n) is 7.01. The highest BCUT2D eigenvalue weighted by atomic mass is 16.5. The molecule has 0 spiro atoms. The van der Waals surface area contributed by atoms with E-state index in [9.17, 15) is 9.59 Å². The fourth-order valence-electron chi connectivity index (χ4n) is 3.65. The van der Waals surface area contributed by atoms with E-state index < -0.39 is 0 Å². The summed E-state index contributed by atoms with van der Waals surface area (Å²) in [4.78, 5) is 27.5. The molecule has 0 bridgehead atoms. The minimum atomic E-state index is -0.249. The van der Waals surface area contributed by atoms with Crippen LogP contribution in [0.1, 0.15) is 28.3 Å². The number of hydrogen-bond donors (Lipinski definition) is 1. The van der Waals surface area contributed by atoms with Crippen molar-refractivity contribution in [3.05, 3.63) is 78.4 Å². The maximum atomic E-state index is 13.1. The van der Waals surface area contributed by atoms with Gasteiger partial charge in [0.05, 0.1) is 13.0 Å². The molecular weight excluding hydrogens is 352 g/mol. The molecule has 0 aromatic heterocycles. The number of methoxy groups -OCH3 is 1. The Bertz CT molecular complexity index is 818. The van der Waals surface area contributed by atoms with Crippen LogP contribution < -0.4 is 10.1 Å². The van der Waals surface area contributed by atoms with Crippen molar-refractivity contribution in [3.63, 3.8) is 0 Å². The SMILES string of the molecule is C=CCNC(=O)[C@@H]1C[C@@H](c2ccccc2)CN(C(=O)c2ccc(OC)cc2)C1. The van der Waals surface area contributed by atoms with Crippen molar-refractivity contribution >= 4 is 11.8 Å². The van der Waals surface area contributed by atoms with E-state index in [2.05, 4.69) is 24.0 Å². The molecule has 0 saturated carbocycles. The van der Waals surface area contributed by atoms with Crippen molar-refractivity contribution in [1.82, 2.24) is 10.2 Å². The van der Waals surface area contributed by atoms with Gasteiger partial charge in [-0.3, -0.25) is 9.59 Å². The fourth-order valence-corrected chi connectivity index (χ4v) is 3.65. The van der Waals surface area contributed by atoms with Crippen molar-refractivity contribution in [1.29, 1.82) is 0 Å². The Balaban J connectivity index is 1.82. The van der Waals surface area contributed by atoms with Crippen LogP contribution in [0.15, 0.2) is 67.3 Å². The lowest BCUT2D eigenvalue weighted by Gasteiger charge is -2.37. The molecule has 0 radical (unpaired) electrons. The summed E-state index contributed by atoms with van der Waals surface area (Å²) in [5.74, 6) is 0.481. The van der Waals surface area contributed by atoms with Gasteiger partial charge in [0.1, 0.15) is 5.75 Å². The van der Waals surface area contributed by atoms with Crippen molar-refractivity contribution < 1.29 is 14.3 Å². The van der Waals surface area contributed by atoms with Gasteiger partial charge in [-0.25, -0.2) is 0 Å². The predicted molar refractivity (Wildman–Crippen MR) is 109 cm³/mol. The first-order chi connectivity index (χ1) is 13.6. The third-order valence-corrected chi connectivity index (χ3v) is 5.14. The Morgan fingerprint density at radius 1 is 1.14 bits per heavy atom. The van der Waals surface area contributed by atoms with Gasteiger partial charge in [0.15, 0.2) is 0 Å². The average molecular weight is 378 g/mol. The maximum absolute atomic E-state index is 13.1. The van der Waals surface area contributed by atoms with Gasteiger partial charge >= 0.3 is 0 Å². The summed E-state index contributed by atoms with van der Waals surface area (Å²) in [5, 5.41) is 2.88. The van der Waals surface area contributed by atoms with Crippen molar-refractivity contribution in [2.45, 2.75) is 12.3 Å². The topological polar surface area (TPSA) is 58.6 Å². The number of carbonyl (C=O) groups excluding carboxylic acids is 2. The van der Waals surface area contributed by atoms with Gasteiger partial charge in [-0.05, 0) is 36.2 Å². The van der Waals surface area contributed by atoms with Crippen molar-refractivity contribution in [2.75, 3.05) is 26.7 Å². The first-order valence-corrected chi connectivity index (χ1v) is 9.49. The van der Waals surface area contributed by atoms with Gasteiger partial charge < -0.3 is 15.0 Å². The van der Waals surface area contributed by atoms with Gasteiger partial charge in [-0.2, -0.15) is 0 Å². The number of benzene rings is 2. The molecule has 0 aliphatic carbocycles. The monoisotopic (exact) mass is 378 g/mol. The third kappa shape index (κ3) is 4.60. The van der Waals surface area contributed by atoms with Crippen molar-refractivity contribution in [3.8, 4) is 5.75 Å². The van der Waals surface area contributed by atoms with E-state index in [4.69, 9.17) is 4.74 Å². The molecular formula is C23H26N2O3. The van der Waals surface area contributed by atoms with Crippen LogP contribution in [-0.2, 0) is 4.79 Å². The van der Waals surface area contributed by atoms with Gasteiger partial charge in [0, 0.05) is 31.1 Å². The number of hydrogen-bond acceptors (Lipinski definition) is 3. The summed E-state index contributed by atoms with van der Waals surface area (Å²) in [6, 6.07) is 17.2. The molecule has 1 saturated heterocycles. The molecule has 2 aromatic carbocycles. The van der Waals surface area contributed by atoms with Crippen molar-refractivity contribution in [2.24, 2.45) is 5.92 Å². The summed E-state index contributed by atoms with van der Waals surface area (Å²) in [5.41, 5.74) is 1.75. The summed E-state index contributed by atoms with van der Waals surface area (Å²) in [6.45, 7) is 5.09. The number of ether oxygens (including phenoxy) is 1. The molecule has 146 valence electrons. The molecule has 0 unspecified atom stereocenters. The minimum absolute atomic E-state index is 0.0342. The van der Waals surface area contributed by atoms with Crippen LogP contribution in [0.2, 0.25) is 0 Å². The molecule has 1 N–H and O–H groups in total. The molecule has 1 aliphatic rings. The normalized spacial score (nSPS) is 19.0. The quantitative estimate of drug-likeness (QED) is 0.785. The second kappa shape index (κ2) is 9.22. The lowest BCUT2D eigenvalue weighted by atomic mass is 9.83. The highest BCUT2D eigenvalue weighted by Gasteiger charge is 2.34. The third-order valence-electron chi connectivity index (χ3n) is 5.14. The molecule has 5 nitrogen and oxygen atoms in total. The summed E-state index contributed by atoms with van der Waals surface area (Å²) < 4.78 is 5.17. The lowest BCUT2D eigenvalue weighted by Crippen LogP contribution is -2.48. The zero-order valence-corrected chi connectivity index (χ0v) is 16.1. The first-order valence-electron chi connectivity index (χ1n) is 9.49. The molecule has 28 heavy (non-hydrogen) atoms. The summed E-state index contributed by atoms with van der Waals surface area (Å²) in [6.07, 6.45) is 2.38. The maximum Gasteiger partial charge on any atom is 0.253 e. The van der Waals surface area contributed by atoms with E-state index in [1.165, 1.54) is 0 Å². The Morgan fingerprint density at radius 2 is 1.86 bits per heavy atom. The Kier molecular flexibility index (Phi) is 6.48. The second-order valence-corrected chi connectivity index (χ2v) is 7.01. The highest BCUT2D eigenvalue weighted by Crippen LogP contribution is 2.31.